The van der Waals surface area contributed by atoms with Crippen molar-refractivity contribution < 1.29 is 8.78 Å². The molecule has 2 aromatic rings. The number of nitrogen functional groups attached to an aromatic ring is 2. The molecule has 0 radical (unpaired) electrons. The van der Waals surface area contributed by atoms with Crippen LogP contribution in [0.5, 0.6) is 0 Å². The normalized spacial score (nSPS) is 10.4. The van der Waals surface area contributed by atoms with E-state index in [1.807, 2.05) is 0 Å². The van der Waals surface area contributed by atoms with Crippen molar-refractivity contribution in [1.29, 1.82) is 0 Å². The number of aromatic nitrogens is 2. The third-order valence-corrected chi connectivity index (χ3v) is 1.97. The summed E-state index contributed by atoms with van der Waals surface area (Å²) in [5.74, 6) is -1.14. The van der Waals surface area contributed by atoms with Gasteiger partial charge in [0, 0.05) is 11.6 Å². The molecule has 0 amide bonds. The van der Waals surface area contributed by atoms with E-state index in [1.54, 1.807) is 0 Å². The van der Waals surface area contributed by atoms with Crippen LogP contribution >= 0.6 is 0 Å². The summed E-state index contributed by atoms with van der Waals surface area (Å²) in [5.41, 5.74) is 11.0. The summed E-state index contributed by atoms with van der Waals surface area (Å²) in [4.78, 5) is 7.43. The molecule has 0 unspecified atom stereocenters. The van der Waals surface area contributed by atoms with Gasteiger partial charge in [0.05, 0.1) is 5.69 Å². The van der Waals surface area contributed by atoms with Crippen molar-refractivity contribution in [3.8, 4) is 11.3 Å². The number of nitrogens with two attached hydrogens (primary N) is 2. The molecule has 1 aromatic carbocycles. The zero-order valence-corrected chi connectivity index (χ0v) is 8.11. The Bertz CT molecular complexity index is 522. The van der Waals surface area contributed by atoms with E-state index in [0.717, 1.165) is 18.2 Å². The Hall–Kier alpha value is -2.24. The first-order chi connectivity index (χ1) is 7.56. The van der Waals surface area contributed by atoms with E-state index in [9.17, 15) is 8.78 Å². The summed E-state index contributed by atoms with van der Waals surface area (Å²) in [6.07, 6.45) is 0. The minimum Gasteiger partial charge on any atom is -0.384 e. The van der Waals surface area contributed by atoms with Gasteiger partial charge in [-0.2, -0.15) is 4.98 Å². The quantitative estimate of drug-likeness (QED) is 0.767. The van der Waals surface area contributed by atoms with E-state index < -0.39 is 11.6 Å². The molecule has 4 N–H and O–H groups in total. The van der Waals surface area contributed by atoms with Crippen molar-refractivity contribution in [3.05, 3.63) is 35.9 Å². The van der Waals surface area contributed by atoms with Crippen LogP contribution in [-0.2, 0) is 0 Å². The standard InChI is InChI=1S/C10H8F2N4/c11-5-1-2-7(12)6(3-5)8-4-9(13)16-10(14)15-8/h1-4H,(H4,13,14,15,16). The first kappa shape index (κ1) is 10.3. The van der Waals surface area contributed by atoms with Crippen LogP contribution in [0.15, 0.2) is 24.3 Å². The summed E-state index contributed by atoms with van der Waals surface area (Å²) >= 11 is 0. The van der Waals surface area contributed by atoms with Gasteiger partial charge in [0.25, 0.3) is 0 Å². The molecule has 0 aliphatic rings. The second-order valence-corrected chi connectivity index (χ2v) is 3.16. The van der Waals surface area contributed by atoms with Gasteiger partial charge in [0.15, 0.2) is 0 Å². The highest BCUT2D eigenvalue weighted by Gasteiger charge is 2.09. The van der Waals surface area contributed by atoms with Gasteiger partial charge in [0.1, 0.15) is 17.5 Å². The number of hydrogen-bond acceptors (Lipinski definition) is 4. The monoisotopic (exact) mass is 222 g/mol. The first-order valence-corrected chi connectivity index (χ1v) is 4.42. The minimum absolute atomic E-state index is 0.000741. The number of nitrogens with zero attached hydrogens (tertiary/aromatic N) is 2. The molecule has 2 rings (SSSR count). The van der Waals surface area contributed by atoms with Gasteiger partial charge in [0.2, 0.25) is 5.95 Å². The Morgan fingerprint density at radius 1 is 1.00 bits per heavy atom. The highest BCUT2D eigenvalue weighted by atomic mass is 19.1. The summed E-state index contributed by atoms with van der Waals surface area (Å²) in [6, 6.07) is 4.39. The first-order valence-electron chi connectivity index (χ1n) is 4.42. The SMILES string of the molecule is Nc1cc(-c2cc(F)ccc2F)nc(N)n1. The van der Waals surface area contributed by atoms with Crippen LogP contribution < -0.4 is 11.5 Å². The molecule has 0 aliphatic heterocycles. The maximum atomic E-state index is 13.4. The maximum absolute atomic E-state index is 13.4. The van der Waals surface area contributed by atoms with Crippen LogP contribution in [0.2, 0.25) is 0 Å². The van der Waals surface area contributed by atoms with Crippen molar-refractivity contribution >= 4 is 11.8 Å². The lowest BCUT2D eigenvalue weighted by molar-refractivity contribution is 0.602. The molecular formula is C10H8F2N4. The van der Waals surface area contributed by atoms with Crippen molar-refractivity contribution in [2.75, 3.05) is 11.5 Å². The molecule has 0 atom stereocenters. The maximum Gasteiger partial charge on any atom is 0.222 e. The number of anilines is 2. The fraction of sp³-hybridized carbons (Fsp3) is 0. The molecule has 82 valence electrons. The fourth-order valence-electron chi connectivity index (χ4n) is 1.32. The van der Waals surface area contributed by atoms with Crippen LogP contribution in [0.4, 0.5) is 20.5 Å². The largest absolute Gasteiger partial charge is 0.384 e. The molecule has 0 spiro atoms. The predicted octanol–water partition coefficient (Wildman–Crippen LogP) is 1.59. The van der Waals surface area contributed by atoms with Crippen molar-refractivity contribution in [1.82, 2.24) is 9.97 Å². The third-order valence-electron chi connectivity index (χ3n) is 1.97. The number of hydrogen-bond donors (Lipinski definition) is 2. The number of halogens is 2. The fourth-order valence-corrected chi connectivity index (χ4v) is 1.32. The van der Waals surface area contributed by atoms with Gasteiger partial charge in [-0.3, -0.25) is 0 Å². The predicted molar refractivity (Wildman–Crippen MR) is 56.2 cm³/mol. The van der Waals surface area contributed by atoms with E-state index in [-0.39, 0.29) is 23.0 Å². The van der Waals surface area contributed by atoms with Crippen LogP contribution in [0, 0.1) is 11.6 Å². The molecule has 4 nitrogen and oxygen atoms in total. The molecule has 6 heteroatoms. The van der Waals surface area contributed by atoms with Crippen LogP contribution in [0.1, 0.15) is 0 Å². The molecule has 16 heavy (non-hydrogen) atoms. The van der Waals surface area contributed by atoms with E-state index in [0.29, 0.717) is 0 Å². The molecule has 0 aliphatic carbocycles. The lowest BCUT2D eigenvalue weighted by Crippen LogP contribution is -2.01. The van der Waals surface area contributed by atoms with Crippen LogP contribution in [0.3, 0.4) is 0 Å². The molecule has 1 heterocycles. The highest BCUT2D eigenvalue weighted by Crippen LogP contribution is 2.23. The lowest BCUT2D eigenvalue weighted by Gasteiger charge is -2.04. The van der Waals surface area contributed by atoms with Gasteiger partial charge >= 0.3 is 0 Å². The van der Waals surface area contributed by atoms with E-state index in [1.165, 1.54) is 6.07 Å². The average molecular weight is 222 g/mol. The molecular weight excluding hydrogens is 214 g/mol. The molecule has 0 saturated carbocycles. The zero-order valence-electron chi connectivity index (χ0n) is 8.11. The highest BCUT2D eigenvalue weighted by molar-refractivity contribution is 5.63. The summed E-state index contributed by atoms with van der Waals surface area (Å²) in [7, 11) is 0. The van der Waals surface area contributed by atoms with E-state index in [2.05, 4.69) is 9.97 Å². The van der Waals surface area contributed by atoms with Gasteiger partial charge in [-0.15, -0.1) is 0 Å². The molecule has 0 saturated heterocycles. The summed E-state index contributed by atoms with van der Waals surface area (Å²) < 4.78 is 26.4. The Morgan fingerprint density at radius 3 is 2.44 bits per heavy atom. The Labute approximate surface area is 89.9 Å². The minimum atomic E-state index is -0.598. The molecule has 0 bridgehead atoms. The van der Waals surface area contributed by atoms with Gasteiger partial charge in [-0.25, -0.2) is 13.8 Å². The Balaban J connectivity index is 2.62. The lowest BCUT2D eigenvalue weighted by atomic mass is 10.1. The van der Waals surface area contributed by atoms with Gasteiger partial charge in [-0.05, 0) is 18.2 Å². The van der Waals surface area contributed by atoms with Crippen LogP contribution in [0.25, 0.3) is 11.3 Å². The van der Waals surface area contributed by atoms with E-state index >= 15 is 0 Å². The molecule has 1 aromatic heterocycles. The Morgan fingerprint density at radius 2 is 1.75 bits per heavy atom. The number of benzene rings is 1. The van der Waals surface area contributed by atoms with Crippen molar-refractivity contribution in [2.45, 2.75) is 0 Å². The summed E-state index contributed by atoms with van der Waals surface area (Å²) in [6.45, 7) is 0. The van der Waals surface area contributed by atoms with Crippen LogP contribution in [-0.4, -0.2) is 9.97 Å². The van der Waals surface area contributed by atoms with Gasteiger partial charge in [-0.1, -0.05) is 0 Å². The summed E-state index contributed by atoms with van der Waals surface area (Å²) in [5, 5.41) is 0. The number of rotatable bonds is 1. The van der Waals surface area contributed by atoms with Gasteiger partial charge < -0.3 is 11.5 Å². The topological polar surface area (TPSA) is 77.8 Å². The Kier molecular flexibility index (Phi) is 2.40. The average Bonchev–Trinajstić information content (AvgIpc) is 2.20. The smallest absolute Gasteiger partial charge is 0.222 e. The van der Waals surface area contributed by atoms with Crippen molar-refractivity contribution in [3.63, 3.8) is 0 Å². The second-order valence-electron chi connectivity index (χ2n) is 3.16. The molecule has 0 fully saturated rings. The second kappa shape index (κ2) is 3.73. The van der Waals surface area contributed by atoms with E-state index in [4.69, 9.17) is 11.5 Å². The third kappa shape index (κ3) is 1.90. The zero-order chi connectivity index (χ0) is 11.7. The van der Waals surface area contributed by atoms with Crippen molar-refractivity contribution in [2.24, 2.45) is 0 Å².